The van der Waals surface area contributed by atoms with Gasteiger partial charge in [-0.3, -0.25) is 0 Å². The number of rotatable bonds is 5. The van der Waals surface area contributed by atoms with E-state index in [0.717, 1.165) is 0 Å². The minimum absolute atomic E-state index is 0.0862. The molecule has 0 bridgehead atoms. The number of sulfonamides is 1. The molecule has 2 aromatic carbocycles. The standard InChI is InChI=1S/C18H16ClF2N3O2S/c1-2-18(20,21)17-11-15(12-7-9-13(19)10-8-12)24(23-17)14-5-3-4-6-16(14)27(22,25)26/h3-11H,2H2,1H3,(H2,22,25,26). The summed E-state index contributed by atoms with van der Waals surface area (Å²) in [5.74, 6) is -3.16. The number of nitrogens with zero attached hydrogens (tertiary/aromatic N) is 2. The lowest BCUT2D eigenvalue weighted by Gasteiger charge is -2.12. The fraction of sp³-hybridized carbons (Fsp3) is 0.167. The topological polar surface area (TPSA) is 78.0 Å². The number of alkyl halides is 2. The number of aromatic nitrogens is 2. The lowest BCUT2D eigenvalue weighted by molar-refractivity contribution is -0.0131. The monoisotopic (exact) mass is 411 g/mol. The molecule has 0 spiro atoms. The minimum Gasteiger partial charge on any atom is -0.231 e. The van der Waals surface area contributed by atoms with Crippen LogP contribution in [0.25, 0.3) is 16.9 Å². The Kier molecular flexibility index (Phi) is 5.07. The molecule has 27 heavy (non-hydrogen) atoms. The normalized spacial score (nSPS) is 12.3. The molecule has 0 aliphatic heterocycles. The molecule has 0 unspecified atom stereocenters. The summed E-state index contributed by atoms with van der Waals surface area (Å²) >= 11 is 5.90. The molecule has 9 heteroatoms. The molecule has 142 valence electrons. The summed E-state index contributed by atoms with van der Waals surface area (Å²) in [6, 6.07) is 13.6. The van der Waals surface area contributed by atoms with Crippen LogP contribution >= 0.6 is 11.6 Å². The van der Waals surface area contributed by atoms with Crippen LogP contribution in [0.3, 0.4) is 0 Å². The molecule has 0 aliphatic carbocycles. The Hall–Kier alpha value is -2.29. The zero-order valence-corrected chi connectivity index (χ0v) is 15.8. The average Bonchev–Trinajstić information content (AvgIpc) is 3.08. The second kappa shape index (κ2) is 7.03. The van der Waals surface area contributed by atoms with E-state index < -0.39 is 28.1 Å². The summed E-state index contributed by atoms with van der Waals surface area (Å²) in [5, 5.41) is 9.78. The Bertz CT molecular complexity index is 1080. The van der Waals surface area contributed by atoms with E-state index >= 15 is 0 Å². The van der Waals surface area contributed by atoms with E-state index in [9.17, 15) is 17.2 Å². The summed E-state index contributed by atoms with van der Waals surface area (Å²) in [6.07, 6.45) is -0.444. The van der Waals surface area contributed by atoms with Crippen LogP contribution in [0, 0.1) is 0 Å². The lowest BCUT2D eigenvalue weighted by atomic mass is 10.1. The Morgan fingerprint density at radius 3 is 2.37 bits per heavy atom. The van der Waals surface area contributed by atoms with Crippen LogP contribution in [0.2, 0.25) is 5.02 Å². The quantitative estimate of drug-likeness (QED) is 0.678. The molecule has 0 saturated heterocycles. The first kappa shape index (κ1) is 19.5. The molecule has 0 aliphatic rings. The van der Waals surface area contributed by atoms with Crippen molar-refractivity contribution in [2.45, 2.75) is 24.2 Å². The highest BCUT2D eigenvalue weighted by atomic mass is 35.5. The molecule has 3 rings (SSSR count). The molecule has 0 fully saturated rings. The van der Waals surface area contributed by atoms with Gasteiger partial charge >= 0.3 is 0 Å². The second-order valence-corrected chi connectivity index (χ2v) is 7.87. The number of hydrogen-bond acceptors (Lipinski definition) is 3. The Balaban J connectivity index is 2.31. The molecule has 5 nitrogen and oxygen atoms in total. The highest BCUT2D eigenvalue weighted by molar-refractivity contribution is 7.89. The average molecular weight is 412 g/mol. The van der Waals surface area contributed by atoms with Crippen LogP contribution in [-0.4, -0.2) is 18.2 Å². The third kappa shape index (κ3) is 3.87. The van der Waals surface area contributed by atoms with E-state index in [1.54, 1.807) is 30.3 Å². The van der Waals surface area contributed by atoms with Crippen molar-refractivity contribution < 1.29 is 17.2 Å². The van der Waals surface area contributed by atoms with Gasteiger partial charge in [0.15, 0.2) is 0 Å². The summed E-state index contributed by atoms with van der Waals surface area (Å²) in [4.78, 5) is -0.213. The third-order valence-corrected chi connectivity index (χ3v) is 5.28. The zero-order chi connectivity index (χ0) is 19.8. The highest BCUT2D eigenvalue weighted by Crippen LogP contribution is 2.35. The maximum absolute atomic E-state index is 14.3. The van der Waals surface area contributed by atoms with Crippen molar-refractivity contribution in [3.63, 3.8) is 0 Å². The SMILES string of the molecule is CCC(F)(F)c1cc(-c2ccc(Cl)cc2)n(-c2ccccc2S(N)(=O)=O)n1. The number of primary sulfonamides is 1. The Morgan fingerprint density at radius 2 is 1.78 bits per heavy atom. The number of benzene rings is 2. The molecule has 0 atom stereocenters. The Morgan fingerprint density at radius 1 is 1.15 bits per heavy atom. The fourth-order valence-electron chi connectivity index (χ4n) is 2.62. The molecule has 0 amide bonds. The Labute approximate surface area is 160 Å². The van der Waals surface area contributed by atoms with Crippen LogP contribution < -0.4 is 5.14 Å². The van der Waals surface area contributed by atoms with Gasteiger partial charge in [-0.05, 0) is 30.3 Å². The predicted molar refractivity (Wildman–Crippen MR) is 99.6 cm³/mol. The molecule has 1 heterocycles. The molecule has 0 saturated carbocycles. The maximum Gasteiger partial charge on any atom is 0.291 e. The highest BCUT2D eigenvalue weighted by Gasteiger charge is 2.34. The summed E-state index contributed by atoms with van der Waals surface area (Å²) in [7, 11) is -4.09. The summed E-state index contributed by atoms with van der Waals surface area (Å²) < 4.78 is 53.6. The third-order valence-electron chi connectivity index (χ3n) is 4.07. The van der Waals surface area contributed by atoms with Crippen molar-refractivity contribution in [1.29, 1.82) is 0 Å². The lowest BCUT2D eigenvalue weighted by Crippen LogP contribution is -2.17. The van der Waals surface area contributed by atoms with Crippen molar-refractivity contribution in [2.75, 3.05) is 0 Å². The van der Waals surface area contributed by atoms with Crippen molar-refractivity contribution in [2.24, 2.45) is 5.14 Å². The number of halogens is 3. The largest absolute Gasteiger partial charge is 0.291 e. The van der Waals surface area contributed by atoms with E-state index in [1.165, 1.54) is 35.9 Å². The van der Waals surface area contributed by atoms with E-state index in [-0.39, 0.29) is 10.6 Å². The molecule has 3 aromatic rings. The van der Waals surface area contributed by atoms with Gasteiger partial charge in [0.25, 0.3) is 5.92 Å². The predicted octanol–water partition coefficient (Wildman–Crippen LogP) is 4.34. The number of hydrogen-bond donors (Lipinski definition) is 1. The number of para-hydroxylation sites is 1. The summed E-state index contributed by atoms with van der Waals surface area (Å²) in [6.45, 7) is 1.35. The van der Waals surface area contributed by atoms with Gasteiger partial charge in [-0.2, -0.15) is 13.9 Å². The first-order valence-electron chi connectivity index (χ1n) is 8.00. The first-order valence-corrected chi connectivity index (χ1v) is 9.92. The molecule has 0 radical (unpaired) electrons. The van der Waals surface area contributed by atoms with E-state index in [2.05, 4.69) is 5.10 Å². The maximum atomic E-state index is 14.3. The fourth-order valence-corrected chi connectivity index (χ4v) is 3.46. The van der Waals surface area contributed by atoms with Crippen LogP contribution in [0.4, 0.5) is 8.78 Å². The van der Waals surface area contributed by atoms with Gasteiger partial charge in [0.1, 0.15) is 10.6 Å². The zero-order valence-electron chi connectivity index (χ0n) is 14.2. The van der Waals surface area contributed by atoms with E-state index in [1.807, 2.05) is 0 Å². The van der Waals surface area contributed by atoms with Crippen LogP contribution in [-0.2, 0) is 15.9 Å². The van der Waals surface area contributed by atoms with Crippen molar-refractivity contribution in [3.05, 3.63) is 65.3 Å². The molecule has 2 N–H and O–H groups in total. The van der Waals surface area contributed by atoms with E-state index in [0.29, 0.717) is 16.3 Å². The van der Waals surface area contributed by atoms with Crippen LogP contribution in [0.15, 0.2) is 59.5 Å². The smallest absolute Gasteiger partial charge is 0.231 e. The van der Waals surface area contributed by atoms with Gasteiger partial charge in [0, 0.05) is 17.0 Å². The van der Waals surface area contributed by atoms with E-state index in [4.69, 9.17) is 16.7 Å². The van der Waals surface area contributed by atoms with Crippen LogP contribution in [0.5, 0.6) is 0 Å². The van der Waals surface area contributed by atoms with Gasteiger partial charge in [-0.1, -0.05) is 42.8 Å². The second-order valence-electron chi connectivity index (χ2n) is 5.90. The van der Waals surface area contributed by atoms with Crippen molar-refractivity contribution in [1.82, 2.24) is 9.78 Å². The first-order chi connectivity index (χ1) is 12.6. The van der Waals surface area contributed by atoms with Crippen molar-refractivity contribution >= 4 is 21.6 Å². The molecular weight excluding hydrogens is 396 g/mol. The van der Waals surface area contributed by atoms with Gasteiger partial charge in [-0.25, -0.2) is 18.2 Å². The van der Waals surface area contributed by atoms with Gasteiger partial charge in [0.05, 0.1) is 11.4 Å². The van der Waals surface area contributed by atoms with Gasteiger partial charge in [-0.15, -0.1) is 0 Å². The number of nitrogens with two attached hydrogens (primary N) is 1. The van der Waals surface area contributed by atoms with Gasteiger partial charge < -0.3 is 0 Å². The minimum atomic E-state index is -4.09. The van der Waals surface area contributed by atoms with Crippen molar-refractivity contribution in [3.8, 4) is 16.9 Å². The summed E-state index contributed by atoms with van der Waals surface area (Å²) in [5.41, 5.74) is 0.474. The molecular formula is C18H16ClF2N3O2S. The van der Waals surface area contributed by atoms with Crippen LogP contribution in [0.1, 0.15) is 19.0 Å². The van der Waals surface area contributed by atoms with Gasteiger partial charge in [0.2, 0.25) is 10.0 Å². The molecule has 1 aromatic heterocycles.